The summed E-state index contributed by atoms with van der Waals surface area (Å²) in [6.45, 7) is 8.66. The van der Waals surface area contributed by atoms with Crippen molar-refractivity contribution >= 4 is 22.8 Å². The maximum atomic E-state index is 10.7. The quantitative estimate of drug-likeness (QED) is 0.105. The van der Waals surface area contributed by atoms with Gasteiger partial charge in [-0.3, -0.25) is 9.59 Å². The lowest BCUT2D eigenvalue weighted by molar-refractivity contribution is -0.138. The van der Waals surface area contributed by atoms with Gasteiger partial charge in [-0.2, -0.15) is 0 Å². The highest BCUT2D eigenvalue weighted by Crippen LogP contribution is 2.17. The Morgan fingerprint density at radius 3 is 1.15 bits per heavy atom. The smallest absolute Gasteiger partial charge is 0.303 e. The van der Waals surface area contributed by atoms with E-state index in [2.05, 4.69) is 20.8 Å². The first-order chi connectivity index (χ1) is 16.3. The molecule has 0 heterocycles. The summed E-state index contributed by atoms with van der Waals surface area (Å²) < 4.78 is 0. The normalized spacial score (nSPS) is 12.6. The molecule has 0 spiro atoms. The Bertz CT molecular complexity index is 399. The summed E-state index contributed by atoms with van der Waals surface area (Å²) in [4.78, 5) is 21.1. The van der Waals surface area contributed by atoms with E-state index in [0.29, 0.717) is 24.7 Å². The molecule has 0 aliphatic heterocycles. The fraction of sp³-hybridized carbons (Fsp3) is 0.933. The van der Waals surface area contributed by atoms with Gasteiger partial charge in [-0.25, -0.2) is 0 Å². The Labute approximate surface area is 218 Å². The van der Waals surface area contributed by atoms with Crippen LogP contribution in [0.2, 0.25) is 0 Å². The van der Waals surface area contributed by atoms with Crippen molar-refractivity contribution in [1.29, 1.82) is 0 Å². The van der Waals surface area contributed by atoms with Gasteiger partial charge in [-0.1, -0.05) is 156 Å². The number of rotatable bonds is 24. The van der Waals surface area contributed by atoms with Gasteiger partial charge in [0.05, 0.1) is 0 Å². The molecule has 204 valence electrons. The summed E-state index contributed by atoms with van der Waals surface area (Å²) in [5, 5.41) is 8.44. The molecule has 2 atom stereocenters. The van der Waals surface area contributed by atoms with Gasteiger partial charge in [-0.05, 0) is 23.4 Å². The molecule has 0 amide bonds. The van der Waals surface area contributed by atoms with Crippen LogP contribution in [0.4, 0.5) is 0 Å². The van der Waals surface area contributed by atoms with Crippen molar-refractivity contribution in [2.45, 2.75) is 169 Å². The number of hydrogen-bond donors (Lipinski definition) is 1. The monoisotopic (exact) mass is 502 g/mol. The van der Waals surface area contributed by atoms with Gasteiger partial charge < -0.3 is 5.11 Å². The summed E-state index contributed by atoms with van der Waals surface area (Å²) in [5.41, 5.74) is 0. The minimum absolute atomic E-state index is 0.187. The third kappa shape index (κ3) is 33.6. The van der Waals surface area contributed by atoms with Gasteiger partial charge in [0.2, 0.25) is 5.24 Å². The molecule has 0 saturated heterocycles. The average Bonchev–Trinajstić information content (AvgIpc) is 2.76. The topological polar surface area (TPSA) is 54.4 Å². The molecule has 3 nitrogen and oxygen atoms in total. The first-order valence-corrected chi connectivity index (χ1v) is 15.1. The molecule has 0 radical (unpaired) electrons. The second kappa shape index (κ2) is 28.7. The molecular weight excluding hydrogens is 444 g/mol. The molecule has 0 rings (SSSR count). The molecule has 1 N–H and O–H groups in total. The standard InChI is InChI=1S/C15H29ClO.C15H30O2/c2*1-3-4-5-6-7-8-9-10-11-12-14(2)13-15(16)17/h14H,3-13H2,1-2H3;14H,3-13H2,1-2H3,(H,16,17)/t2*14-/m11/s1. The van der Waals surface area contributed by atoms with Crippen molar-refractivity contribution in [3.05, 3.63) is 0 Å². The van der Waals surface area contributed by atoms with Crippen LogP contribution >= 0.6 is 11.6 Å². The van der Waals surface area contributed by atoms with Crippen molar-refractivity contribution in [2.75, 3.05) is 0 Å². The number of carbonyl (C=O) groups excluding carboxylic acids is 1. The highest BCUT2D eigenvalue weighted by Gasteiger charge is 2.07. The number of halogens is 1. The number of aliphatic carboxylic acids is 1. The molecule has 0 fully saturated rings. The zero-order valence-electron chi connectivity index (χ0n) is 23.4. The van der Waals surface area contributed by atoms with Crippen molar-refractivity contribution < 1.29 is 14.7 Å². The molecule has 4 heteroatoms. The van der Waals surface area contributed by atoms with E-state index in [1.54, 1.807) is 0 Å². The first kappa shape index (κ1) is 35.6. The predicted octanol–water partition coefficient (Wildman–Crippen LogP) is 10.7. The molecule has 34 heavy (non-hydrogen) atoms. The zero-order chi connectivity index (χ0) is 25.9. The summed E-state index contributed by atoms with van der Waals surface area (Å²) in [7, 11) is 0. The second-order valence-electron chi connectivity index (χ2n) is 10.6. The molecule has 0 aromatic heterocycles. The number of unbranched alkanes of at least 4 members (excludes halogenated alkanes) is 16. The lowest BCUT2D eigenvalue weighted by Gasteiger charge is -2.07. The van der Waals surface area contributed by atoms with E-state index in [1.807, 2.05) is 6.92 Å². The zero-order valence-corrected chi connectivity index (χ0v) is 24.1. The molecule has 0 saturated carbocycles. The van der Waals surface area contributed by atoms with Gasteiger partial charge in [0.25, 0.3) is 0 Å². The number of carboxylic acids is 1. The van der Waals surface area contributed by atoms with Crippen LogP contribution in [0.25, 0.3) is 0 Å². The van der Waals surface area contributed by atoms with Crippen LogP contribution in [-0.4, -0.2) is 16.3 Å². The molecule has 0 aliphatic carbocycles. The number of hydrogen-bond acceptors (Lipinski definition) is 2. The minimum Gasteiger partial charge on any atom is -0.481 e. The number of carbonyl (C=O) groups is 2. The Morgan fingerprint density at radius 1 is 0.559 bits per heavy atom. The second-order valence-corrected chi connectivity index (χ2v) is 11.0. The Kier molecular flexibility index (Phi) is 30.0. The summed E-state index contributed by atoms with van der Waals surface area (Å²) in [5.74, 6) is 0.148. The molecule has 0 bridgehead atoms. The predicted molar refractivity (Wildman–Crippen MR) is 150 cm³/mol. The lowest BCUT2D eigenvalue weighted by atomic mass is 9.99. The average molecular weight is 503 g/mol. The van der Waals surface area contributed by atoms with Gasteiger partial charge in [-0.15, -0.1) is 0 Å². The summed E-state index contributed by atoms with van der Waals surface area (Å²) in [6.07, 6.45) is 27.4. The highest BCUT2D eigenvalue weighted by atomic mass is 35.5. The van der Waals surface area contributed by atoms with Crippen LogP contribution in [0.1, 0.15) is 169 Å². The van der Waals surface area contributed by atoms with Crippen molar-refractivity contribution in [1.82, 2.24) is 0 Å². The van der Waals surface area contributed by atoms with Gasteiger partial charge in [0.1, 0.15) is 0 Å². The van der Waals surface area contributed by atoms with Crippen LogP contribution in [0.5, 0.6) is 0 Å². The Morgan fingerprint density at radius 2 is 0.853 bits per heavy atom. The maximum Gasteiger partial charge on any atom is 0.303 e. The van der Waals surface area contributed by atoms with E-state index in [0.717, 1.165) is 12.8 Å². The molecule has 0 unspecified atom stereocenters. The fourth-order valence-corrected chi connectivity index (χ4v) is 4.65. The highest BCUT2D eigenvalue weighted by molar-refractivity contribution is 6.63. The van der Waals surface area contributed by atoms with Crippen LogP contribution in [-0.2, 0) is 9.59 Å². The maximum absolute atomic E-state index is 10.7. The van der Waals surface area contributed by atoms with Crippen LogP contribution in [0, 0.1) is 11.8 Å². The molecule has 0 aromatic carbocycles. The third-order valence-corrected chi connectivity index (χ3v) is 6.79. The number of carboxylic acid groups (broad SMARTS) is 1. The molecule has 0 aliphatic rings. The van der Waals surface area contributed by atoms with Gasteiger partial charge in [0.15, 0.2) is 0 Å². The summed E-state index contributed by atoms with van der Waals surface area (Å²) >= 11 is 5.36. The van der Waals surface area contributed by atoms with Gasteiger partial charge >= 0.3 is 5.97 Å². The van der Waals surface area contributed by atoms with Crippen LogP contribution < -0.4 is 0 Å². The Balaban J connectivity index is 0. The molecular formula is C30H59ClO3. The van der Waals surface area contributed by atoms with Crippen molar-refractivity contribution in [3.63, 3.8) is 0 Å². The van der Waals surface area contributed by atoms with E-state index in [4.69, 9.17) is 16.7 Å². The first-order valence-electron chi connectivity index (χ1n) is 14.7. The van der Waals surface area contributed by atoms with Crippen LogP contribution in [0.15, 0.2) is 0 Å². The van der Waals surface area contributed by atoms with Crippen molar-refractivity contribution in [2.24, 2.45) is 11.8 Å². The summed E-state index contributed by atoms with van der Waals surface area (Å²) in [6, 6.07) is 0. The van der Waals surface area contributed by atoms with Crippen LogP contribution in [0.3, 0.4) is 0 Å². The van der Waals surface area contributed by atoms with E-state index in [9.17, 15) is 9.59 Å². The Hall–Kier alpha value is -0.570. The molecule has 0 aromatic rings. The fourth-order valence-electron chi connectivity index (χ4n) is 4.38. The van der Waals surface area contributed by atoms with E-state index >= 15 is 0 Å². The van der Waals surface area contributed by atoms with E-state index in [-0.39, 0.29) is 5.24 Å². The van der Waals surface area contributed by atoms with Gasteiger partial charge in [0, 0.05) is 12.8 Å². The lowest BCUT2D eigenvalue weighted by Crippen LogP contribution is -2.03. The van der Waals surface area contributed by atoms with Crippen molar-refractivity contribution in [3.8, 4) is 0 Å². The van der Waals surface area contributed by atoms with E-state index < -0.39 is 5.97 Å². The van der Waals surface area contributed by atoms with E-state index in [1.165, 1.54) is 116 Å². The SMILES string of the molecule is CCCCCCCCCCC[C@@H](C)CC(=O)Cl.CCCCCCCCCCC[C@@H](C)CC(=O)O. The third-order valence-electron chi connectivity index (χ3n) is 6.63. The largest absolute Gasteiger partial charge is 0.481 e. The minimum atomic E-state index is -0.659.